The van der Waals surface area contributed by atoms with E-state index in [1.165, 1.54) is 0 Å². The van der Waals surface area contributed by atoms with Crippen LogP contribution in [0.15, 0.2) is 27.4 Å². The van der Waals surface area contributed by atoms with Gasteiger partial charge in [-0.15, -0.1) is 11.6 Å². The monoisotopic (exact) mass is 294 g/mol. The summed E-state index contributed by atoms with van der Waals surface area (Å²) in [7, 11) is 0. The number of hydrogen-bond donors (Lipinski definition) is 2. The van der Waals surface area contributed by atoms with Gasteiger partial charge in [0.25, 0.3) is 0 Å². The van der Waals surface area contributed by atoms with Crippen LogP contribution < -0.4 is 11.1 Å². The maximum absolute atomic E-state index is 12.2. The number of oxazole rings is 1. The Kier molecular flexibility index (Phi) is 3.53. The Morgan fingerprint density at radius 1 is 1.30 bits per heavy atom. The summed E-state index contributed by atoms with van der Waals surface area (Å²) in [5.74, 6) is -0.466. The van der Waals surface area contributed by atoms with E-state index in [0.717, 1.165) is 25.7 Å². The molecule has 2 aromatic rings. The smallest absolute Gasteiger partial charge is 0.408 e. The molecular weight excluding hydrogens is 280 g/mol. The van der Waals surface area contributed by atoms with E-state index >= 15 is 0 Å². The van der Waals surface area contributed by atoms with E-state index < -0.39 is 5.76 Å². The van der Waals surface area contributed by atoms with Crippen LogP contribution in [0, 0.1) is 5.92 Å². The first-order valence-electron chi connectivity index (χ1n) is 6.69. The molecule has 20 heavy (non-hydrogen) atoms. The summed E-state index contributed by atoms with van der Waals surface area (Å²) in [6.45, 7) is 0. The minimum absolute atomic E-state index is 0.0127. The van der Waals surface area contributed by atoms with Crippen molar-refractivity contribution in [2.24, 2.45) is 5.92 Å². The SMILES string of the molecule is O=C(Nc1ccc2oc(=O)[nH]c2c1)C1CCC(Cl)CC1. The van der Waals surface area contributed by atoms with Crippen LogP contribution >= 0.6 is 11.6 Å². The average molecular weight is 295 g/mol. The second kappa shape index (κ2) is 5.32. The lowest BCUT2D eigenvalue weighted by molar-refractivity contribution is -0.120. The average Bonchev–Trinajstić information content (AvgIpc) is 2.78. The van der Waals surface area contributed by atoms with Gasteiger partial charge >= 0.3 is 5.76 Å². The first kappa shape index (κ1) is 13.2. The van der Waals surface area contributed by atoms with Gasteiger partial charge in [-0.25, -0.2) is 4.79 Å². The zero-order valence-electron chi connectivity index (χ0n) is 10.8. The highest BCUT2D eigenvalue weighted by molar-refractivity contribution is 6.20. The summed E-state index contributed by atoms with van der Waals surface area (Å²) < 4.78 is 4.92. The second-order valence-corrected chi connectivity index (χ2v) is 5.78. The fourth-order valence-corrected chi connectivity index (χ4v) is 2.84. The lowest BCUT2D eigenvalue weighted by Crippen LogP contribution is -2.27. The summed E-state index contributed by atoms with van der Waals surface area (Å²) >= 11 is 6.04. The van der Waals surface area contributed by atoms with Crippen LogP contribution in [0.25, 0.3) is 11.1 Å². The molecule has 1 heterocycles. The van der Waals surface area contributed by atoms with E-state index in [1.54, 1.807) is 18.2 Å². The number of benzene rings is 1. The van der Waals surface area contributed by atoms with Crippen molar-refractivity contribution in [3.05, 3.63) is 28.7 Å². The zero-order valence-corrected chi connectivity index (χ0v) is 11.6. The first-order chi connectivity index (χ1) is 9.61. The highest BCUT2D eigenvalue weighted by atomic mass is 35.5. The van der Waals surface area contributed by atoms with Crippen molar-refractivity contribution in [3.63, 3.8) is 0 Å². The number of carbonyl (C=O) groups is 1. The third-order valence-electron chi connectivity index (χ3n) is 3.71. The molecule has 1 aliphatic rings. The highest BCUT2D eigenvalue weighted by Crippen LogP contribution is 2.28. The molecule has 1 saturated carbocycles. The van der Waals surface area contributed by atoms with Crippen molar-refractivity contribution in [2.45, 2.75) is 31.1 Å². The topological polar surface area (TPSA) is 75.1 Å². The first-order valence-corrected chi connectivity index (χ1v) is 7.13. The fourth-order valence-electron chi connectivity index (χ4n) is 2.59. The minimum atomic E-state index is -0.496. The third kappa shape index (κ3) is 2.72. The van der Waals surface area contributed by atoms with Gasteiger partial charge in [-0.3, -0.25) is 9.78 Å². The number of amides is 1. The molecule has 6 heteroatoms. The molecule has 1 aliphatic carbocycles. The minimum Gasteiger partial charge on any atom is -0.408 e. The van der Waals surface area contributed by atoms with Crippen LogP contribution in [0.1, 0.15) is 25.7 Å². The number of carbonyl (C=O) groups excluding carboxylic acids is 1. The van der Waals surface area contributed by atoms with Gasteiger partial charge in [0, 0.05) is 17.0 Å². The summed E-state index contributed by atoms with van der Waals surface area (Å²) in [6, 6.07) is 5.09. The van der Waals surface area contributed by atoms with E-state index in [-0.39, 0.29) is 17.2 Å². The van der Waals surface area contributed by atoms with Crippen LogP contribution in [-0.4, -0.2) is 16.3 Å². The largest absolute Gasteiger partial charge is 0.417 e. The maximum atomic E-state index is 12.2. The Morgan fingerprint density at radius 3 is 2.80 bits per heavy atom. The Bertz CT molecular complexity index is 683. The van der Waals surface area contributed by atoms with Crippen molar-refractivity contribution in [3.8, 4) is 0 Å². The summed E-state index contributed by atoms with van der Waals surface area (Å²) in [6.07, 6.45) is 3.41. The quantitative estimate of drug-likeness (QED) is 0.836. The molecule has 1 amide bonds. The second-order valence-electron chi connectivity index (χ2n) is 5.16. The number of halogens is 1. The molecule has 0 unspecified atom stereocenters. The van der Waals surface area contributed by atoms with Gasteiger partial charge < -0.3 is 9.73 Å². The van der Waals surface area contributed by atoms with Crippen LogP contribution in [-0.2, 0) is 4.79 Å². The number of hydrogen-bond acceptors (Lipinski definition) is 3. The predicted molar refractivity (Wildman–Crippen MR) is 77.1 cm³/mol. The number of aromatic nitrogens is 1. The van der Waals surface area contributed by atoms with Crippen molar-refractivity contribution < 1.29 is 9.21 Å². The van der Waals surface area contributed by atoms with Gasteiger partial charge in [-0.2, -0.15) is 0 Å². The van der Waals surface area contributed by atoms with E-state index in [4.69, 9.17) is 16.0 Å². The fraction of sp³-hybridized carbons (Fsp3) is 0.429. The number of alkyl halides is 1. The normalized spacial score (nSPS) is 22.9. The third-order valence-corrected chi connectivity index (χ3v) is 4.15. The number of nitrogens with one attached hydrogen (secondary N) is 2. The van der Waals surface area contributed by atoms with Gasteiger partial charge in [0.05, 0.1) is 5.52 Å². The molecule has 0 radical (unpaired) electrons. The predicted octanol–water partition coefficient (Wildman–Crippen LogP) is 2.86. The van der Waals surface area contributed by atoms with Crippen LogP contribution in [0.3, 0.4) is 0 Å². The van der Waals surface area contributed by atoms with Crippen molar-refractivity contribution >= 4 is 34.3 Å². The Morgan fingerprint density at radius 2 is 2.05 bits per heavy atom. The molecule has 5 nitrogen and oxygen atoms in total. The zero-order chi connectivity index (χ0) is 14.1. The number of H-pyrrole nitrogens is 1. The molecule has 0 atom stereocenters. The summed E-state index contributed by atoms with van der Waals surface area (Å²) in [5.41, 5.74) is 1.72. The standard InChI is InChI=1S/C14H15ClN2O3/c15-9-3-1-8(2-4-9)13(18)16-10-5-6-12-11(7-10)17-14(19)20-12/h5-9H,1-4H2,(H,16,18)(H,17,19). The summed E-state index contributed by atoms with van der Waals surface area (Å²) in [4.78, 5) is 25.8. The van der Waals surface area contributed by atoms with Crippen LogP contribution in [0.4, 0.5) is 5.69 Å². The number of fused-ring (bicyclic) bond motifs is 1. The number of aromatic amines is 1. The molecule has 0 saturated heterocycles. The van der Waals surface area contributed by atoms with E-state index in [9.17, 15) is 9.59 Å². The molecule has 1 fully saturated rings. The van der Waals surface area contributed by atoms with E-state index in [0.29, 0.717) is 16.8 Å². The maximum Gasteiger partial charge on any atom is 0.417 e. The molecule has 1 aromatic heterocycles. The Hall–Kier alpha value is -1.75. The Balaban J connectivity index is 1.72. The summed E-state index contributed by atoms with van der Waals surface area (Å²) in [5, 5.41) is 3.08. The van der Waals surface area contributed by atoms with Gasteiger partial charge in [0.2, 0.25) is 5.91 Å². The molecular formula is C14H15ClN2O3. The van der Waals surface area contributed by atoms with Gasteiger partial charge in [-0.05, 0) is 43.9 Å². The molecule has 106 valence electrons. The van der Waals surface area contributed by atoms with Crippen molar-refractivity contribution in [1.82, 2.24) is 4.98 Å². The molecule has 2 N–H and O–H groups in total. The number of rotatable bonds is 2. The van der Waals surface area contributed by atoms with Crippen LogP contribution in [0.5, 0.6) is 0 Å². The molecule has 0 aliphatic heterocycles. The van der Waals surface area contributed by atoms with Gasteiger partial charge in [0.1, 0.15) is 0 Å². The van der Waals surface area contributed by atoms with Crippen molar-refractivity contribution in [1.29, 1.82) is 0 Å². The molecule has 1 aromatic carbocycles. The number of anilines is 1. The lowest BCUT2D eigenvalue weighted by Gasteiger charge is -2.24. The van der Waals surface area contributed by atoms with Crippen molar-refractivity contribution in [2.75, 3.05) is 5.32 Å². The molecule has 0 spiro atoms. The lowest BCUT2D eigenvalue weighted by atomic mass is 9.88. The van der Waals surface area contributed by atoms with Crippen LogP contribution in [0.2, 0.25) is 0 Å². The van der Waals surface area contributed by atoms with E-state index in [1.807, 2.05) is 0 Å². The van der Waals surface area contributed by atoms with Gasteiger partial charge in [0.15, 0.2) is 5.58 Å². The molecule has 0 bridgehead atoms. The van der Waals surface area contributed by atoms with Gasteiger partial charge in [-0.1, -0.05) is 0 Å². The molecule has 3 rings (SSSR count). The Labute approximate surface area is 120 Å². The van der Waals surface area contributed by atoms with E-state index in [2.05, 4.69) is 10.3 Å². The highest BCUT2D eigenvalue weighted by Gasteiger charge is 2.25.